The summed E-state index contributed by atoms with van der Waals surface area (Å²) in [7, 11) is 0. The number of hydrogen-bond donors (Lipinski definition) is 2. The molecule has 134 valence electrons. The summed E-state index contributed by atoms with van der Waals surface area (Å²) in [6.07, 6.45) is 2.96. The molecule has 5 nitrogen and oxygen atoms in total. The molecule has 1 fully saturated rings. The Morgan fingerprint density at radius 1 is 1.35 bits per heavy atom. The van der Waals surface area contributed by atoms with Gasteiger partial charge >= 0.3 is 0 Å². The number of aromatic nitrogens is 2. The molecule has 7 heteroatoms. The van der Waals surface area contributed by atoms with Crippen LogP contribution in [0.2, 0.25) is 0 Å². The van der Waals surface area contributed by atoms with Gasteiger partial charge in [0.2, 0.25) is 0 Å². The van der Waals surface area contributed by atoms with E-state index in [2.05, 4.69) is 10.4 Å². The maximum absolute atomic E-state index is 14.8. The molecular formula is C19H18F2N4O. The number of nitrogens with two attached hydrogens (primary N) is 1. The number of carbonyl (C=O) groups excluding carboxylic acids is 1. The molecule has 3 N–H and O–H groups in total. The molecule has 0 radical (unpaired) electrons. The average molecular weight is 357 g/mol. The van der Waals surface area contributed by atoms with Crippen molar-refractivity contribution in [2.75, 3.05) is 13.1 Å². The summed E-state index contributed by atoms with van der Waals surface area (Å²) < 4.78 is 38.3. The van der Waals surface area contributed by atoms with E-state index in [0.29, 0.717) is 23.9 Å². The molecule has 4 rings (SSSR count). The van der Waals surface area contributed by atoms with Crippen LogP contribution in [0.15, 0.2) is 36.5 Å². The van der Waals surface area contributed by atoms with Crippen molar-refractivity contribution in [1.82, 2.24) is 15.1 Å². The zero-order chi connectivity index (χ0) is 19.2. The standard InChI is InChI=1S/C19H18F2N4O/c20-14-6-13-10-25(24-18(13)15(8-14)19(22)26)17-4-3-11(7-16(17)21)12-2-1-5-23-9-12/h3-4,6-8,10,12,23H,1-2,5,9H2,(H2,22,26)/t12-/m1/s1/i12D. The molecule has 1 saturated heterocycles. The van der Waals surface area contributed by atoms with Gasteiger partial charge in [-0.3, -0.25) is 4.79 Å². The first-order chi connectivity index (χ1) is 12.9. The van der Waals surface area contributed by atoms with E-state index in [1.165, 1.54) is 23.0 Å². The first-order valence-electron chi connectivity index (χ1n) is 8.87. The van der Waals surface area contributed by atoms with E-state index in [9.17, 15) is 13.6 Å². The van der Waals surface area contributed by atoms with E-state index in [1.807, 2.05) is 0 Å². The molecular weight excluding hydrogens is 338 g/mol. The molecule has 0 unspecified atom stereocenters. The molecule has 0 spiro atoms. The van der Waals surface area contributed by atoms with E-state index >= 15 is 0 Å². The number of amides is 1. The fourth-order valence-corrected chi connectivity index (χ4v) is 3.32. The highest BCUT2D eigenvalue weighted by molar-refractivity contribution is 6.04. The monoisotopic (exact) mass is 357 g/mol. The van der Waals surface area contributed by atoms with E-state index in [4.69, 9.17) is 7.10 Å². The minimum Gasteiger partial charge on any atom is -0.366 e. The third-order valence-electron chi connectivity index (χ3n) is 4.61. The van der Waals surface area contributed by atoms with Crippen molar-refractivity contribution in [3.8, 4) is 5.69 Å². The van der Waals surface area contributed by atoms with Crippen LogP contribution < -0.4 is 11.1 Å². The second kappa shape index (κ2) is 6.49. The summed E-state index contributed by atoms with van der Waals surface area (Å²) in [4.78, 5) is 11.5. The van der Waals surface area contributed by atoms with E-state index in [-0.39, 0.29) is 16.8 Å². The fourth-order valence-electron chi connectivity index (χ4n) is 3.32. The highest BCUT2D eigenvalue weighted by Crippen LogP contribution is 2.27. The number of benzene rings is 2. The van der Waals surface area contributed by atoms with Crippen LogP contribution in [0.3, 0.4) is 0 Å². The lowest BCUT2D eigenvalue weighted by molar-refractivity contribution is 0.100. The van der Waals surface area contributed by atoms with Crippen molar-refractivity contribution in [3.63, 3.8) is 0 Å². The summed E-state index contributed by atoms with van der Waals surface area (Å²) in [6.45, 7) is 1.33. The Labute approximate surface area is 150 Å². The second-order valence-electron chi connectivity index (χ2n) is 6.38. The predicted molar refractivity (Wildman–Crippen MR) is 94.3 cm³/mol. The van der Waals surface area contributed by atoms with Crippen LogP contribution in [0.1, 0.15) is 36.0 Å². The quantitative estimate of drug-likeness (QED) is 0.757. The third-order valence-corrected chi connectivity index (χ3v) is 4.61. The van der Waals surface area contributed by atoms with Gasteiger partial charge in [-0.2, -0.15) is 5.10 Å². The minimum atomic E-state index is -0.866. The van der Waals surface area contributed by atoms with Crippen molar-refractivity contribution in [2.45, 2.75) is 18.7 Å². The summed E-state index contributed by atoms with van der Waals surface area (Å²) in [5, 5.41) is 7.74. The third kappa shape index (κ3) is 2.94. The van der Waals surface area contributed by atoms with Gasteiger partial charge in [0.15, 0.2) is 0 Å². The molecule has 0 saturated carbocycles. The number of rotatable bonds is 3. The molecule has 1 amide bonds. The number of piperidine rings is 1. The average Bonchev–Trinajstić information content (AvgIpc) is 3.04. The molecule has 0 bridgehead atoms. The van der Waals surface area contributed by atoms with Crippen molar-refractivity contribution in [3.05, 3.63) is 59.3 Å². The normalized spacial score (nSPS) is 20.9. The van der Waals surface area contributed by atoms with Crippen LogP contribution in [0.5, 0.6) is 0 Å². The molecule has 1 aliphatic rings. The maximum Gasteiger partial charge on any atom is 0.251 e. The topological polar surface area (TPSA) is 72.9 Å². The Bertz CT molecular complexity index is 1040. The highest BCUT2D eigenvalue weighted by atomic mass is 19.1. The van der Waals surface area contributed by atoms with Gasteiger partial charge in [0.05, 0.1) is 5.56 Å². The van der Waals surface area contributed by atoms with E-state index in [0.717, 1.165) is 19.0 Å². The molecule has 26 heavy (non-hydrogen) atoms. The Morgan fingerprint density at radius 3 is 2.88 bits per heavy atom. The number of carbonyl (C=O) groups is 1. The van der Waals surface area contributed by atoms with Gasteiger partial charge in [0.25, 0.3) is 5.91 Å². The van der Waals surface area contributed by atoms with Crippen molar-refractivity contribution < 1.29 is 14.9 Å². The lowest BCUT2D eigenvalue weighted by Gasteiger charge is -2.23. The van der Waals surface area contributed by atoms with Crippen molar-refractivity contribution in [1.29, 1.82) is 0 Å². The number of fused-ring (bicyclic) bond motifs is 1. The summed E-state index contributed by atoms with van der Waals surface area (Å²) in [5.74, 6) is -2.83. The molecule has 2 aromatic carbocycles. The Hall–Kier alpha value is -2.80. The smallest absolute Gasteiger partial charge is 0.251 e. The first kappa shape index (κ1) is 15.5. The molecule has 1 atom stereocenters. The van der Waals surface area contributed by atoms with Gasteiger partial charge in [0.1, 0.15) is 22.8 Å². The van der Waals surface area contributed by atoms with Crippen LogP contribution in [0.4, 0.5) is 8.78 Å². The molecule has 0 aliphatic carbocycles. The predicted octanol–water partition coefficient (Wildman–Crippen LogP) is 2.87. The van der Waals surface area contributed by atoms with Crippen molar-refractivity contribution >= 4 is 16.8 Å². The molecule has 3 aromatic rings. The second-order valence-corrected chi connectivity index (χ2v) is 6.38. The van der Waals surface area contributed by atoms with Gasteiger partial charge in [-0.15, -0.1) is 0 Å². The lowest BCUT2D eigenvalue weighted by atomic mass is 9.91. The van der Waals surface area contributed by atoms with Gasteiger partial charge < -0.3 is 11.1 Å². The van der Waals surface area contributed by atoms with Crippen LogP contribution >= 0.6 is 0 Å². The molecule has 1 aromatic heterocycles. The highest BCUT2D eigenvalue weighted by Gasteiger charge is 2.18. The number of primary amides is 1. The van der Waals surface area contributed by atoms with E-state index < -0.39 is 23.4 Å². The number of nitrogens with one attached hydrogen (secondary N) is 1. The fraction of sp³-hybridized carbons (Fsp3) is 0.263. The molecule has 2 heterocycles. The Kier molecular flexibility index (Phi) is 3.86. The van der Waals surface area contributed by atoms with Gasteiger partial charge in [-0.25, -0.2) is 13.5 Å². The Morgan fingerprint density at radius 2 is 2.19 bits per heavy atom. The Balaban J connectivity index is 1.78. The summed E-state index contributed by atoms with van der Waals surface area (Å²) >= 11 is 0. The van der Waals surface area contributed by atoms with Crippen LogP contribution in [-0.4, -0.2) is 28.8 Å². The van der Waals surface area contributed by atoms with Crippen LogP contribution in [-0.2, 0) is 0 Å². The first-order valence-corrected chi connectivity index (χ1v) is 8.37. The lowest BCUT2D eigenvalue weighted by Crippen LogP contribution is -2.28. The zero-order valence-electron chi connectivity index (χ0n) is 14.9. The minimum absolute atomic E-state index is 0.0563. The van der Waals surface area contributed by atoms with Gasteiger partial charge in [-0.05, 0) is 55.1 Å². The largest absolute Gasteiger partial charge is 0.366 e. The summed E-state index contributed by atoms with van der Waals surface area (Å²) in [5.41, 5.74) is 6.19. The molecule has 1 aliphatic heterocycles. The zero-order valence-corrected chi connectivity index (χ0v) is 13.9. The van der Waals surface area contributed by atoms with Crippen molar-refractivity contribution in [2.24, 2.45) is 5.73 Å². The van der Waals surface area contributed by atoms with Crippen LogP contribution in [0.25, 0.3) is 16.6 Å². The maximum atomic E-state index is 14.8. The number of hydrogen-bond acceptors (Lipinski definition) is 3. The van der Waals surface area contributed by atoms with E-state index in [1.54, 1.807) is 12.1 Å². The number of halogens is 2. The summed E-state index contributed by atoms with van der Waals surface area (Å²) in [6, 6.07) is 6.82. The number of nitrogens with zero attached hydrogens (tertiary/aromatic N) is 2. The van der Waals surface area contributed by atoms with Crippen LogP contribution in [0, 0.1) is 11.6 Å². The van der Waals surface area contributed by atoms with Gasteiger partial charge in [0, 0.05) is 19.5 Å². The van der Waals surface area contributed by atoms with Gasteiger partial charge in [-0.1, -0.05) is 6.07 Å². The SMILES string of the molecule is [2H][C@@]1(c2ccc(-n3cc4cc(F)cc(C(N)=O)c4n3)c(F)c2)CCCNC1.